The predicted octanol–water partition coefficient (Wildman–Crippen LogP) is 2.48. The summed E-state index contributed by atoms with van der Waals surface area (Å²) in [7, 11) is -3.08. The molecule has 0 bridgehead atoms. The molecule has 0 radical (unpaired) electrons. The Morgan fingerprint density at radius 1 is 1.31 bits per heavy atom. The third kappa shape index (κ3) is 5.06. The van der Waals surface area contributed by atoms with Crippen LogP contribution in [0, 0.1) is 6.92 Å². The number of hydrogen-bond donors (Lipinski definition) is 1. The lowest BCUT2D eigenvalue weighted by Gasteiger charge is -2.27. The van der Waals surface area contributed by atoms with Crippen LogP contribution in [0.15, 0.2) is 18.2 Å². The quantitative estimate of drug-likeness (QED) is 0.822. The van der Waals surface area contributed by atoms with Gasteiger partial charge in [0.1, 0.15) is 0 Å². The highest BCUT2D eigenvalue weighted by Gasteiger charge is 2.33. The van der Waals surface area contributed by atoms with Gasteiger partial charge >= 0.3 is 0 Å². The molecule has 1 heterocycles. The van der Waals surface area contributed by atoms with Gasteiger partial charge in [-0.15, -0.1) is 0 Å². The van der Waals surface area contributed by atoms with E-state index < -0.39 is 9.84 Å². The first-order valence-electron chi connectivity index (χ1n) is 8.97. The molecule has 0 spiro atoms. The molecular weight excluding hydrogens is 352 g/mol. The van der Waals surface area contributed by atoms with Crippen molar-refractivity contribution in [3.63, 3.8) is 0 Å². The molecule has 1 aromatic rings. The van der Waals surface area contributed by atoms with Crippen LogP contribution >= 0.6 is 0 Å². The Bertz CT molecular complexity index is 787. The number of benzene rings is 1. The first kappa shape index (κ1) is 20.4. The van der Waals surface area contributed by atoms with Crippen molar-refractivity contribution in [1.29, 1.82) is 0 Å². The van der Waals surface area contributed by atoms with Crippen molar-refractivity contribution >= 4 is 27.3 Å². The second kappa shape index (κ2) is 8.20. The molecule has 0 saturated carbocycles. The second-order valence-electron chi connectivity index (χ2n) is 7.26. The molecule has 6 nitrogen and oxygen atoms in total. The molecule has 2 amide bonds. The van der Waals surface area contributed by atoms with Crippen LogP contribution in [0.1, 0.15) is 50.7 Å². The summed E-state index contributed by atoms with van der Waals surface area (Å²) in [6.45, 7) is 7.74. The summed E-state index contributed by atoms with van der Waals surface area (Å²) >= 11 is 0. The van der Waals surface area contributed by atoms with Crippen LogP contribution in [0.5, 0.6) is 0 Å². The number of carbonyl (C=O) groups is 2. The normalized spacial score (nSPS) is 18.7. The zero-order chi connectivity index (χ0) is 19.5. The van der Waals surface area contributed by atoms with Crippen LogP contribution < -0.4 is 5.32 Å². The molecular formula is C19H28N2O4S. The van der Waals surface area contributed by atoms with E-state index in [4.69, 9.17) is 0 Å². The smallest absolute Gasteiger partial charge is 0.226 e. The van der Waals surface area contributed by atoms with Crippen molar-refractivity contribution in [3.8, 4) is 0 Å². The van der Waals surface area contributed by atoms with Crippen LogP contribution in [0.3, 0.4) is 0 Å². The van der Waals surface area contributed by atoms with Gasteiger partial charge < -0.3 is 10.2 Å². The van der Waals surface area contributed by atoms with Crippen molar-refractivity contribution in [3.05, 3.63) is 29.3 Å². The Morgan fingerprint density at radius 2 is 2.00 bits per heavy atom. The van der Waals surface area contributed by atoms with Crippen LogP contribution in [0.25, 0.3) is 0 Å². The van der Waals surface area contributed by atoms with Crippen LogP contribution in [0.4, 0.5) is 5.69 Å². The molecule has 1 saturated heterocycles. The number of anilines is 1. The molecule has 1 aliphatic heterocycles. The fourth-order valence-electron chi connectivity index (χ4n) is 3.38. The summed E-state index contributed by atoms with van der Waals surface area (Å²) in [6.07, 6.45) is 0.584. The Morgan fingerprint density at radius 3 is 2.54 bits per heavy atom. The van der Waals surface area contributed by atoms with Gasteiger partial charge in [-0.3, -0.25) is 9.59 Å². The minimum Gasteiger partial charge on any atom is -0.338 e. The first-order valence-corrected chi connectivity index (χ1v) is 10.8. The standard InChI is InChI=1S/C19H28N2O4S/c1-13(2)17-7-5-6-14(3)19(17)20-18(23)8-10-21(15(4)22)16-9-11-26(24,25)12-16/h5-7,13,16H,8-12H2,1-4H3,(H,20,23). The van der Waals surface area contributed by atoms with E-state index >= 15 is 0 Å². The zero-order valence-electron chi connectivity index (χ0n) is 15.9. The Hall–Kier alpha value is -1.89. The Labute approximate surface area is 155 Å². The predicted molar refractivity (Wildman–Crippen MR) is 103 cm³/mol. The van der Waals surface area contributed by atoms with Crippen molar-refractivity contribution < 1.29 is 18.0 Å². The number of rotatable bonds is 6. The minimum atomic E-state index is -3.08. The van der Waals surface area contributed by atoms with E-state index in [1.54, 1.807) is 0 Å². The lowest BCUT2D eigenvalue weighted by Crippen LogP contribution is -2.41. The number of nitrogens with zero attached hydrogens (tertiary/aromatic N) is 1. The number of carbonyl (C=O) groups excluding carboxylic acids is 2. The first-order chi connectivity index (χ1) is 12.1. The third-order valence-electron chi connectivity index (χ3n) is 4.82. The van der Waals surface area contributed by atoms with E-state index in [0.717, 1.165) is 16.8 Å². The van der Waals surface area contributed by atoms with E-state index in [-0.39, 0.29) is 48.2 Å². The molecule has 1 aliphatic rings. The van der Waals surface area contributed by atoms with Gasteiger partial charge in [0.25, 0.3) is 0 Å². The highest BCUT2D eigenvalue weighted by molar-refractivity contribution is 7.91. The van der Waals surface area contributed by atoms with Gasteiger partial charge in [-0.05, 0) is 30.4 Å². The topological polar surface area (TPSA) is 83.6 Å². The summed E-state index contributed by atoms with van der Waals surface area (Å²) in [4.78, 5) is 25.9. The van der Waals surface area contributed by atoms with Crippen molar-refractivity contribution in [2.75, 3.05) is 23.4 Å². The molecule has 2 rings (SSSR count). The van der Waals surface area contributed by atoms with Crippen LogP contribution in [-0.2, 0) is 19.4 Å². The number of aryl methyl sites for hydroxylation is 1. The summed E-state index contributed by atoms with van der Waals surface area (Å²) in [5.74, 6) is 0.00698. The van der Waals surface area contributed by atoms with Gasteiger partial charge in [0.15, 0.2) is 9.84 Å². The maximum Gasteiger partial charge on any atom is 0.226 e. The third-order valence-corrected chi connectivity index (χ3v) is 6.58. The van der Waals surface area contributed by atoms with Gasteiger partial charge in [-0.1, -0.05) is 32.0 Å². The van der Waals surface area contributed by atoms with E-state index in [0.29, 0.717) is 6.42 Å². The fourth-order valence-corrected chi connectivity index (χ4v) is 5.12. The zero-order valence-corrected chi connectivity index (χ0v) is 16.7. The largest absolute Gasteiger partial charge is 0.338 e. The highest BCUT2D eigenvalue weighted by atomic mass is 32.2. The fraction of sp³-hybridized carbons (Fsp3) is 0.579. The van der Waals surface area contributed by atoms with E-state index in [9.17, 15) is 18.0 Å². The van der Waals surface area contributed by atoms with E-state index in [2.05, 4.69) is 19.2 Å². The molecule has 1 atom stereocenters. The minimum absolute atomic E-state index is 0.0104. The molecule has 0 aromatic heterocycles. The molecule has 1 unspecified atom stereocenters. The van der Waals surface area contributed by atoms with Crippen LogP contribution in [0.2, 0.25) is 0 Å². The molecule has 144 valence electrons. The second-order valence-corrected chi connectivity index (χ2v) is 9.49. The number of amides is 2. The van der Waals surface area contributed by atoms with Gasteiger partial charge in [-0.2, -0.15) is 0 Å². The molecule has 1 N–H and O–H groups in total. The summed E-state index contributed by atoms with van der Waals surface area (Å²) < 4.78 is 23.3. The SMILES string of the molecule is CC(=O)N(CCC(=O)Nc1c(C)cccc1C(C)C)C1CCS(=O)(=O)C1. The molecule has 1 aromatic carbocycles. The Kier molecular flexibility index (Phi) is 6.44. The molecule has 7 heteroatoms. The van der Waals surface area contributed by atoms with Gasteiger partial charge in [0.2, 0.25) is 11.8 Å². The maximum absolute atomic E-state index is 12.4. The monoisotopic (exact) mass is 380 g/mol. The summed E-state index contributed by atoms with van der Waals surface area (Å²) in [6, 6.07) is 5.60. The lowest BCUT2D eigenvalue weighted by atomic mass is 9.98. The van der Waals surface area contributed by atoms with Crippen LogP contribution in [-0.4, -0.2) is 49.2 Å². The summed E-state index contributed by atoms with van der Waals surface area (Å²) in [5, 5.41) is 2.97. The molecule has 26 heavy (non-hydrogen) atoms. The Balaban J connectivity index is 2.03. The highest BCUT2D eigenvalue weighted by Crippen LogP contribution is 2.27. The number of nitrogens with one attached hydrogen (secondary N) is 1. The van der Waals surface area contributed by atoms with Crippen molar-refractivity contribution in [2.45, 2.75) is 52.5 Å². The van der Waals surface area contributed by atoms with Crippen molar-refractivity contribution in [1.82, 2.24) is 4.90 Å². The average molecular weight is 381 g/mol. The maximum atomic E-state index is 12.4. The van der Waals surface area contributed by atoms with Gasteiger partial charge in [-0.25, -0.2) is 8.42 Å². The van der Waals surface area contributed by atoms with E-state index in [1.807, 2.05) is 25.1 Å². The molecule has 1 fully saturated rings. The number of para-hydroxylation sites is 1. The average Bonchev–Trinajstić information content (AvgIpc) is 2.88. The molecule has 0 aliphatic carbocycles. The van der Waals surface area contributed by atoms with Gasteiger partial charge in [0.05, 0.1) is 11.5 Å². The van der Waals surface area contributed by atoms with Crippen molar-refractivity contribution in [2.24, 2.45) is 0 Å². The number of hydrogen-bond acceptors (Lipinski definition) is 4. The summed E-state index contributed by atoms with van der Waals surface area (Å²) in [5.41, 5.74) is 2.89. The van der Waals surface area contributed by atoms with E-state index in [1.165, 1.54) is 11.8 Å². The lowest BCUT2D eigenvalue weighted by molar-refractivity contribution is -0.131. The number of sulfone groups is 1. The van der Waals surface area contributed by atoms with Gasteiger partial charge in [0, 0.05) is 31.6 Å².